The van der Waals surface area contributed by atoms with E-state index in [9.17, 15) is 10.2 Å². The molecular formula is C28H33NO4. The molecule has 0 aliphatic carbocycles. The smallest absolute Gasteiger partial charge is 0.113 e. The van der Waals surface area contributed by atoms with Crippen molar-refractivity contribution >= 4 is 0 Å². The Hall–Kier alpha value is -2.54. The summed E-state index contributed by atoms with van der Waals surface area (Å²) in [7, 11) is 0. The summed E-state index contributed by atoms with van der Waals surface area (Å²) in [6.07, 6.45) is -1.09. The molecule has 0 bridgehead atoms. The molecule has 0 radical (unpaired) electrons. The van der Waals surface area contributed by atoms with Crippen molar-refractivity contribution in [2.75, 3.05) is 13.2 Å². The average Bonchev–Trinajstić information content (AvgIpc) is 2.86. The molecule has 1 saturated heterocycles. The highest BCUT2D eigenvalue weighted by molar-refractivity contribution is 5.17. The monoisotopic (exact) mass is 447 g/mol. The Bertz CT molecular complexity index is 938. The van der Waals surface area contributed by atoms with Crippen LogP contribution >= 0.6 is 0 Å². The van der Waals surface area contributed by atoms with Gasteiger partial charge >= 0.3 is 0 Å². The number of hydrogen-bond donors (Lipinski definition) is 2. The lowest BCUT2D eigenvalue weighted by atomic mass is 9.91. The summed E-state index contributed by atoms with van der Waals surface area (Å²) in [6, 6.07) is 30.0. The first-order valence-corrected chi connectivity index (χ1v) is 11.6. The van der Waals surface area contributed by atoms with Gasteiger partial charge in [0.25, 0.3) is 0 Å². The third-order valence-corrected chi connectivity index (χ3v) is 6.23. The number of nitrogens with zero attached hydrogens (tertiary/aromatic N) is 1. The molecule has 0 aromatic heterocycles. The first-order chi connectivity index (χ1) is 16.2. The minimum absolute atomic E-state index is 0.00790. The normalized spacial score (nSPS) is 23.5. The van der Waals surface area contributed by atoms with Gasteiger partial charge in [-0.15, -0.1) is 0 Å². The van der Waals surface area contributed by atoms with Gasteiger partial charge in [-0.05, 0) is 23.1 Å². The first kappa shape index (κ1) is 23.6. The molecule has 0 saturated carbocycles. The quantitative estimate of drug-likeness (QED) is 0.495. The molecule has 174 valence electrons. The zero-order chi connectivity index (χ0) is 22.9. The van der Waals surface area contributed by atoms with Gasteiger partial charge in [0, 0.05) is 25.7 Å². The van der Waals surface area contributed by atoms with E-state index in [0.29, 0.717) is 32.7 Å². The van der Waals surface area contributed by atoms with Crippen LogP contribution in [0, 0.1) is 0 Å². The van der Waals surface area contributed by atoms with E-state index in [-0.39, 0.29) is 18.8 Å². The van der Waals surface area contributed by atoms with E-state index in [2.05, 4.69) is 17.0 Å². The van der Waals surface area contributed by atoms with E-state index in [1.54, 1.807) is 0 Å². The molecule has 1 aliphatic heterocycles. The van der Waals surface area contributed by atoms with Crippen molar-refractivity contribution in [2.45, 2.75) is 50.5 Å². The summed E-state index contributed by atoms with van der Waals surface area (Å²) in [5.41, 5.74) is 3.30. The second-order valence-electron chi connectivity index (χ2n) is 8.58. The molecule has 5 heteroatoms. The Labute approximate surface area is 196 Å². The minimum Gasteiger partial charge on any atom is -0.396 e. The van der Waals surface area contributed by atoms with Crippen LogP contribution in [0.2, 0.25) is 0 Å². The Kier molecular flexibility index (Phi) is 8.64. The number of hydrogen-bond acceptors (Lipinski definition) is 5. The maximum atomic E-state index is 11.4. The largest absolute Gasteiger partial charge is 0.396 e. The summed E-state index contributed by atoms with van der Waals surface area (Å²) in [5, 5.41) is 21.1. The van der Waals surface area contributed by atoms with Crippen molar-refractivity contribution in [2.24, 2.45) is 0 Å². The molecule has 0 amide bonds. The van der Waals surface area contributed by atoms with E-state index in [1.807, 2.05) is 78.9 Å². The van der Waals surface area contributed by atoms with Crippen LogP contribution in [0.15, 0.2) is 91.0 Å². The highest BCUT2D eigenvalue weighted by Gasteiger charge is 2.43. The van der Waals surface area contributed by atoms with Gasteiger partial charge in [-0.2, -0.15) is 0 Å². The van der Waals surface area contributed by atoms with Crippen LogP contribution in [0.5, 0.6) is 0 Å². The fourth-order valence-electron chi connectivity index (χ4n) is 4.51. The van der Waals surface area contributed by atoms with Crippen LogP contribution in [0.4, 0.5) is 0 Å². The lowest BCUT2D eigenvalue weighted by molar-refractivity contribution is -0.188. The first-order valence-electron chi connectivity index (χ1n) is 11.6. The van der Waals surface area contributed by atoms with Crippen LogP contribution in [-0.2, 0) is 29.2 Å². The zero-order valence-corrected chi connectivity index (χ0v) is 18.9. The summed E-state index contributed by atoms with van der Waals surface area (Å²) in [4.78, 5) is 2.22. The van der Waals surface area contributed by atoms with Crippen molar-refractivity contribution < 1.29 is 19.7 Å². The van der Waals surface area contributed by atoms with Crippen LogP contribution in [0.3, 0.4) is 0 Å². The van der Waals surface area contributed by atoms with Gasteiger partial charge in [0.1, 0.15) is 6.10 Å². The van der Waals surface area contributed by atoms with Gasteiger partial charge in [-0.3, -0.25) is 4.90 Å². The Morgan fingerprint density at radius 1 is 0.727 bits per heavy atom. The number of aliphatic hydroxyl groups is 2. The number of aliphatic hydroxyl groups excluding tert-OH is 2. The maximum absolute atomic E-state index is 11.4. The zero-order valence-electron chi connectivity index (χ0n) is 18.9. The molecule has 0 unspecified atom stereocenters. The molecule has 3 aromatic carbocycles. The van der Waals surface area contributed by atoms with Gasteiger partial charge in [0.05, 0.1) is 25.4 Å². The van der Waals surface area contributed by atoms with Crippen LogP contribution < -0.4 is 0 Å². The lowest BCUT2D eigenvalue weighted by Gasteiger charge is -2.47. The average molecular weight is 448 g/mol. The number of benzene rings is 3. The Morgan fingerprint density at radius 2 is 1.24 bits per heavy atom. The van der Waals surface area contributed by atoms with Crippen LogP contribution in [0.25, 0.3) is 0 Å². The van der Waals surface area contributed by atoms with Gasteiger partial charge < -0.3 is 19.7 Å². The molecule has 0 spiro atoms. The van der Waals surface area contributed by atoms with Gasteiger partial charge in [-0.25, -0.2) is 0 Å². The molecule has 5 nitrogen and oxygen atoms in total. The standard InChI is InChI=1S/C28H33NO4/c30-17-16-25-27(31)28(33-21-24-14-8-3-9-15-24)26(32-20-23-12-6-2-7-13-23)19-29(25)18-22-10-4-1-5-11-22/h1-15,25-28,30-31H,16-21H2/t25-,26-,27+,28+/m0/s1. The number of ether oxygens (including phenoxy) is 2. The number of piperidine rings is 1. The fraction of sp³-hybridized carbons (Fsp3) is 0.357. The third-order valence-electron chi connectivity index (χ3n) is 6.23. The van der Waals surface area contributed by atoms with Gasteiger partial charge in [0.2, 0.25) is 0 Å². The van der Waals surface area contributed by atoms with Gasteiger partial charge in [0.15, 0.2) is 0 Å². The van der Waals surface area contributed by atoms with E-state index in [4.69, 9.17) is 9.47 Å². The lowest BCUT2D eigenvalue weighted by Crippen LogP contribution is -2.62. The molecule has 33 heavy (non-hydrogen) atoms. The van der Waals surface area contributed by atoms with E-state index < -0.39 is 12.2 Å². The minimum atomic E-state index is -0.779. The van der Waals surface area contributed by atoms with E-state index >= 15 is 0 Å². The summed E-state index contributed by atoms with van der Waals surface area (Å²) in [6.45, 7) is 2.15. The highest BCUT2D eigenvalue weighted by Crippen LogP contribution is 2.28. The molecular weight excluding hydrogens is 414 g/mol. The topological polar surface area (TPSA) is 62.2 Å². The van der Waals surface area contributed by atoms with E-state index in [0.717, 1.165) is 16.7 Å². The van der Waals surface area contributed by atoms with Crippen LogP contribution in [0.1, 0.15) is 23.1 Å². The molecule has 4 atom stereocenters. The SMILES string of the molecule is OCC[C@H]1[C@@H](O)[C@H](OCc2ccccc2)[C@@H](OCc2ccccc2)CN1Cc1ccccc1. The van der Waals surface area contributed by atoms with Crippen LogP contribution in [-0.4, -0.2) is 52.6 Å². The number of likely N-dealkylation sites (tertiary alicyclic amines) is 1. The van der Waals surface area contributed by atoms with Crippen molar-refractivity contribution in [3.63, 3.8) is 0 Å². The number of rotatable bonds is 10. The second-order valence-corrected chi connectivity index (χ2v) is 8.58. The second kappa shape index (κ2) is 12.1. The predicted octanol–water partition coefficient (Wildman–Crippen LogP) is 3.78. The molecule has 1 heterocycles. The fourth-order valence-corrected chi connectivity index (χ4v) is 4.51. The van der Waals surface area contributed by atoms with Gasteiger partial charge in [-0.1, -0.05) is 91.0 Å². The van der Waals surface area contributed by atoms with E-state index in [1.165, 1.54) is 0 Å². The van der Waals surface area contributed by atoms with Crippen molar-refractivity contribution in [3.8, 4) is 0 Å². The Balaban J connectivity index is 1.53. The highest BCUT2D eigenvalue weighted by atomic mass is 16.5. The summed E-state index contributed by atoms with van der Waals surface area (Å²) in [5.74, 6) is 0. The van der Waals surface area contributed by atoms with Crippen molar-refractivity contribution in [3.05, 3.63) is 108 Å². The summed E-state index contributed by atoms with van der Waals surface area (Å²) >= 11 is 0. The molecule has 4 rings (SSSR count). The van der Waals surface area contributed by atoms with Crippen molar-refractivity contribution in [1.29, 1.82) is 0 Å². The molecule has 2 N–H and O–H groups in total. The summed E-state index contributed by atoms with van der Waals surface area (Å²) < 4.78 is 12.6. The third kappa shape index (κ3) is 6.50. The van der Waals surface area contributed by atoms with Crippen molar-refractivity contribution in [1.82, 2.24) is 4.90 Å². The predicted molar refractivity (Wildman–Crippen MR) is 128 cm³/mol. The maximum Gasteiger partial charge on any atom is 0.113 e. The molecule has 1 aliphatic rings. The molecule has 3 aromatic rings. The Morgan fingerprint density at radius 3 is 1.79 bits per heavy atom. The molecule has 1 fully saturated rings.